The number of nitrogens with zero attached hydrogens (tertiary/aromatic N) is 4. The van der Waals surface area contributed by atoms with Gasteiger partial charge in [-0.2, -0.15) is 10.5 Å². The lowest BCUT2D eigenvalue weighted by Gasteiger charge is -2.40. The summed E-state index contributed by atoms with van der Waals surface area (Å²) < 4.78 is 31.1. The van der Waals surface area contributed by atoms with E-state index in [1.807, 2.05) is 91.5 Å². The Labute approximate surface area is 315 Å². The van der Waals surface area contributed by atoms with Crippen LogP contribution in [0.2, 0.25) is 0 Å². The standard InChI is InChI=1S/C45H48N5O2S/c1-30-13-22-45(42(33(30)4)21-20-41-19-16-39(29-49-41)44-12-8-6-10-37(44)26-47)53(51,52)50-27-34-23-31(2)32(3)35(24-34)14-17-40-18-15-38(28-48-40)43-11-7-5-9-36(43)25-46/h5-12,14-22,28-35,42,45,50H,13,23-24,27H2,1-4H3/b17-14+,21-20+/t30-,31-,32+,33+,34?,35+,42-,45-/m0/s1. The number of aromatic nitrogens is 2. The third-order valence-electron chi connectivity index (χ3n) is 11.7. The highest BCUT2D eigenvalue weighted by Crippen LogP contribution is 2.41. The Morgan fingerprint density at radius 3 is 1.85 bits per heavy atom. The second kappa shape index (κ2) is 16.8. The highest BCUT2D eigenvalue weighted by molar-refractivity contribution is 7.90. The summed E-state index contributed by atoms with van der Waals surface area (Å²) in [5.41, 5.74) is 6.32. The van der Waals surface area contributed by atoms with E-state index in [0.717, 1.165) is 52.9 Å². The van der Waals surface area contributed by atoms with Gasteiger partial charge in [0.15, 0.2) is 0 Å². The summed E-state index contributed by atoms with van der Waals surface area (Å²) in [6, 6.07) is 27.4. The summed E-state index contributed by atoms with van der Waals surface area (Å²) in [4.78, 5) is 9.29. The van der Waals surface area contributed by atoms with E-state index in [1.165, 1.54) is 0 Å². The largest absolute Gasteiger partial charge is 0.256 e. The molecule has 2 aliphatic rings. The van der Waals surface area contributed by atoms with Gasteiger partial charge in [-0.05, 0) is 104 Å². The fourth-order valence-electron chi connectivity index (χ4n) is 8.05. The third kappa shape index (κ3) is 8.84. The van der Waals surface area contributed by atoms with Gasteiger partial charge in [0.25, 0.3) is 0 Å². The van der Waals surface area contributed by atoms with Crippen LogP contribution in [-0.2, 0) is 10.0 Å². The number of hydrogen-bond acceptors (Lipinski definition) is 6. The van der Waals surface area contributed by atoms with Crippen molar-refractivity contribution in [1.29, 1.82) is 10.5 Å². The van der Waals surface area contributed by atoms with E-state index >= 15 is 0 Å². The zero-order valence-corrected chi connectivity index (χ0v) is 31.7. The van der Waals surface area contributed by atoms with Gasteiger partial charge in [0.05, 0.1) is 39.9 Å². The predicted octanol–water partition coefficient (Wildman–Crippen LogP) is 9.36. The van der Waals surface area contributed by atoms with Crippen LogP contribution >= 0.6 is 0 Å². The first-order valence-corrected chi connectivity index (χ1v) is 20.2. The molecule has 1 unspecified atom stereocenters. The van der Waals surface area contributed by atoms with E-state index < -0.39 is 15.3 Å². The van der Waals surface area contributed by atoms with Gasteiger partial charge in [0.2, 0.25) is 10.0 Å². The normalized spacial score (nSPS) is 26.3. The monoisotopic (exact) mass is 722 g/mol. The van der Waals surface area contributed by atoms with Crippen molar-refractivity contribution in [3.05, 3.63) is 126 Å². The first kappa shape index (κ1) is 37.9. The molecule has 0 saturated heterocycles. The Hall–Kier alpha value is -4.89. The lowest BCUT2D eigenvalue weighted by atomic mass is 9.69. The molecule has 2 aromatic heterocycles. The molecule has 2 aliphatic carbocycles. The van der Waals surface area contributed by atoms with E-state index in [9.17, 15) is 18.9 Å². The number of benzene rings is 2. The maximum Gasteiger partial charge on any atom is 0.215 e. The second-order valence-corrected chi connectivity index (χ2v) is 17.0. The van der Waals surface area contributed by atoms with Crippen molar-refractivity contribution in [1.82, 2.24) is 14.7 Å². The maximum atomic E-state index is 14.0. The Kier molecular flexibility index (Phi) is 12.0. The van der Waals surface area contributed by atoms with Gasteiger partial charge in [0.1, 0.15) is 0 Å². The number of rotatable bonds is 10. The molecular formula is C45H48N5O2S. The Morgan fingerprint density at radius 1 is 0.736 bits per heavy atom. The summed E-state index contributed by atoms with van der Waals surface area (Å²) in [7, 11) is -3.63. The molecule has 1 N–H and O–H groups in total. The van der Waals surface area contributed by atoms with Crippen LogP contribution in [0.5, 0.6) is 0 Å². The van der Waals surface area contributed by atoms with Crippen LogP contribution in [0.3, 0.4) is 0 Å². The van der Waals surface area contributed by atoms with Crippen LogP contribution in [0.15, 0.2) is 97.3 Å². The van der Waals surface area contributed by atoms with Crippen molar-refractivity contribution in [2.45, 2.75) is 52.2 Å². The van der Waals surface area contributed by atoms with Gasteiger partial charge in [0, 0.05) is 41.2 Å². The van der Waals surface area contributed by atoms with E-state index in [0.29, 0.717) is 41.3 Å². The summed E-state index contributed by atoms with van der Waals surface area (Å²) in [5, 5.41) is 18.4. The van der Waals surface area contributed by atoms with Crippen LogP contribution in [-0.4, -0.2) is 30.2 Å². The van der Waals surface area contributed by atoms with Gasteiger partial charge >= 0.3 is 0 Å². The average molecular weight is 723 g/mol. The first-order valence-electron chi connectivity index (χ1n) is 18.7. The number of nitrogens with one attached hydrogen (secondary N) is 1. The number of allylic oxidation sites excluding steroid dienone is 2. The highest BCUT2D eigenvalue weighted by atomic mass is 32.2. The third-order valence-corrected chi connectivity index (χ3v) is 13.5. The molecule has 2 heterocycles. The van der Waals surface area contributed by atoms with E-state index in [-0.39, 0.29) is 17.8 Å². The highest BCUT2D eigenvalue weighted by Gasteiger charge is 2.41. The molecule has 2 aromatic carbocycles. The van der Waals surface area contributed by atoms with Gasteiger partial charge < -0.3 is 0 Å². The summed E-state index contributed by atoms with van der Waals surface area (Å²) in [6.45, 7) is 9.33. The minimum absolute atomic E-state index is 0.174. The van der Waals surface area contributed by atoms with Crippen molar-refractivity contribution in [2.24, 2.45) is 41.4 Å². The maximum absolute atomic E-state index is 14.0. The smallest absolute Gasteiger partial charge is 0.215 e. The summed E-state index contributed by atoms with van der Waals surface area (Å²) in [6.07, 6.45) is 16.5. The van der Waals surface area contributed by atoms with Gasteiger partial charge in [-0.3, -0.25) is 9.97 Å². The molecule has 0 spiro atoms. The van der Waals surface area contributed by atoms with Crippen LogP contribution in [0, 0.1) is 70.5 Å². The number of hydrogen-bond donors (Lipinski definition) is 1. The van der Waals surface area contributed by atoms with Crippen LogP contribution in [0.4, 0.5) is 0 Å². The lowest BCUT2D eigenvalue weighted by Crippen LogP contribution is -2.47. The van der Waals surface area contributed by atoms with Crippen LogP contribution < -0.4 is 4.72 Å². The number of pyridine rings is 2. The minimum Gasteiger partial charge on any atom is -0.256 e. The van der Waals surface area contributed by atoms with Gasteiger partial charge in [-0.1, -0.05) is 88.4 Å². The molecule has 1 radical (unpaired) electrons. The van der Waals surface area contributed by atoms with E-state index in [4.69, 9.17) is 0 Å². The average Bonchev–Trinajstić information content (AvgIpc) is 3.18. The van der Waals surface area contributed by atoms with Crippen LogP contribution in [0.1, 0.15) is 69.5 Å². The minimum atomic E-state index is -3.63. The zero-order valence-electron chi connectivity index (χ0n) is 30.9. The van der Waals surface area contributed by atoms with Gasteiger partial charge in [-0.25, -0.2) is 13.1 Å². The van der Waals surface area contributed by atoms with E-state index in [2.05, 4.69) is 66.7 Å². The Balaban J connectivity index is 1.10. The SMILES string of the molecule is C[C@H]1[C@H](/C=C/c2ccc(-c3ccccc3C#N)cn2)[C@@H](S(=O)(=O)NCC2C[C@@H](/C=C/c3ccc(-c4ccccc4C#N)cn3)[C@H](C)[C@@H](C)C2)[CH]C[C@@H]1C. The van der Waals surface area contributed by atoms with Crippen molar-refractivity contribution >= 4 is 22.2 Å². The van der Waals surface area contributed by atoms with Crippen molar-refractivity contribution in [3.63, 3.8) is 0 Å². The molecular weight excluding hydrogens is 675 g/mol. The van der Waals surface area contributed by atoms with Gasteiger partial charge in [-0.15, -0.1) is 0 Å². The molecule has 271 valence electrons. The second-order valence-electron chi connectivity index (χ2n) is 15.1. The fourth-order valence-corrected chi connectivity index (χ4v) is 9.83. The van der Waals surface area contributed by atoms with Crippen LogP contribution in [0.25, 0.3) is 34.4 Å². The van der Waals surface area contributed by atoms with E-state index in [1.54, 1.807) is 12.3 Å². The van der Waals surface area contributed by atoms with Crippen molar-refractivity contribution in [2.75, 3.05) is 6.54 Å². The molecule has 6 rings (SSSR count). The molecule has 53 heavy (non-hydrogen) atoms. The quantitative estimate of drug-likeness (QED) is 0.174. The van der Waals surface area contributed by atoms with Crippen molar-refractivity contribution < 1.29 is 8.42 Å². The molecule has 4 aromatic rings. The zero-order chi connectivity index (χ0) is 37.5. The summed E-state index contributed by atoms with van der Waals surface area (Å²) >= 11 is 0. The molecule has 2 fully saturated rings. The molecule has 0 aliphatic heterocycles. The molecule has 0 amide bonds. The fraction of sp³-hybridized carbons (Fsp3) is 0.356. The first-order chi connectivity index (χ1) is 25.6. The molecule has 7 nitrogen and oxygen atoms in total. The lowest BCUT2D eigenvalue weighted by molar-refractivity contribution is 0.161. The topological polar surface area (TPSA) is 120 Å². The molecule has 8 atom stereocenters. The Morgan fingerprint density at radius 2 is 1.30 bits per heavy atom. The summed E-state index contributed by atoms with van der Waals surface area (Å²) in [5.74, 6) is 1.80. The Bertz CT molecular complexity index is 2130. The predicted molar refractivity (Wildman–Crippen MR) is 213 cm³/mol. The van der Waals surface area contributed by atoms with Crippen molar-refractivity contribution in [3.8, 4) is 34.4 Å². The number of sulfonamides is 1. The molecule has 0 bridgehead atoms. The number of nitriles is 2. The molecule has 8 heteroatoms. The molecule has 2 saturated carbocycles.